The van der Waals surface area contributed by atoms with Gasteiger partial charge in [-0.25, -0.2) is 9.67 Å². The van der Waals surface area contributed by atoms with Gasteiger partial charge in [0, 0.05) is 5.54 Å². The van der Waals surface area contributed by atoms with Gasteiger partial charge in [-0.05, 0) is 20.8 Å². The summed E-state index contributed by atoms with van der Waals surface area (Å²) in [6, 6.07) is 0. The van der Waals surface area contributed by atoms with E-state index >= 15 is 0 Å². The Hall–Kier alpha value is -1.65. The van der Waals surface area contributed by atoms with Gasteiger partial charge < -0.3 is 4.57 Å². The van der Waals surface area contributed by atoms with Crippen LogP contribution >= 0.6 is 0 Å². The SMILES string of the molecule is CC(C)(C)n1cnc(-n2ccnn2)c1. The van der Waals surface area contributed by atoms with Crippen LogP contribution in [0.4, 0.5) is 0 Å². The standard InChI is InChI=1S/C9H13N5/c1-9(2,3)13-6-8(10-7-13)14-5-4-11-12-14/h4-7H,1-3H3. The van der Waals surface area contributed by atoms with E-state index in [4.69, 9.17) is 0 Å². The molecule has 0 N–H and O–H groups in total. The van der Waals surface area contributed by atoms with E-state index in [0.29, 0.717) is 0 Å². The Morgan fingerprint density at radius 3 is 2.57 bits per heavy atom. The minimum atomic E-state index is 0.0475. The fraction of sp³-hybridized carbons (Fsp3) is 0.444. The van der Waals surface area contributed by atoms with E-state index in [0.717, 1.165) is 5.82 Å². The molecule has 14 heavy (non-hydrogen) atoms. The number of hydrogen-bond donors (Lipinski definition) is 0. The van der Waals surface area contributed by atoms with Crippen molar-refractivity contribution in [1.82, 2.24) is 24.5 Å². The van der Waals surface area contributed by atoms with E-state index in [1.165, 1.54) is 0 Å². The summed E-state index contributed by atoms with van der Waals surface area (Å²) >= 11 is 0. The zero-order chi connectivity index (χ0) is 10.2. The molecule has 74 valence electrons. The summed E-state index contributed by atoms with van der Waals surface area (Å²) in [6.07, 6.45) is 7.16. The molecule has 0 amide bonds. The van der Waals surface area contributed by atoms with E-state index in [1.54, 1.807) is 23.4 Å². The summed E-state index contributed by atoms with van der Waals surface area (Å²) in [5, 5.41) is 7.61. The second-order valence-corrected chi connectivity index (χ2v) is 4.16. The largest absolute Gasteiger partial charge is 0.330 e. The quantitative estimate of drug-likeness (QED) is 0.681. The second kappa shape index (κ2) is 2.94. The van der Waals surface area contributed by atoms with Crippen molar-refractivity contribution in [2.24, 2.45) is 0 Å². The second-order valence-electron chi connectivity index (χ2n) is 4.16. The van der Waals surface area contributed by atoms with Crippen LogP contribution in [0.15, 0.2) is 24.9 Å². The fourth-order valence-electron chi connectivity index (χ4n) is 1.13. The topological polar surface area (TPSA) is 48.5 Å². The highest BCUT2D eigenvalue weighted by atomic mass is 15.4. The van der Waals surface area contributed by atoms with E-state index < -0.39 is 0 Å². The van der Waals surface area contributed by atoms with Gasteiger partial charge >= 0.3 is 0 Å². The number of rotatable bonds is 1. The van der Waals surface area contributed by atoms with Gasteiger partial charge in [-0.15, -0.1) is 5.10 Å². The number of aromatic nitrogens is 5. The molecule has 0 aliphatic heterocycles. The molecule has 2 heterocycles. The van der Waals surface area contributed by atoms with E-state index in [2.05, 4.69) is 36.1 Å². The van der Waals surface area contributed by atoms with Gasteiger partial charge in [0.1, 0.15) is 0 Å². The lowest BCUT2D eigenvalue weighted by Gasteiger charge is -2.19. The predicted octanol–water partition coefficient (Wildman–Crippen LogP) is 1.22. The van der Waals surface area contributed by atoms with Crippen LogP contribution in [0.1, 0.15) is 20.8 Å². The molecule has 0 aliphatic rings. The molecule has 0 fully saturated rings. The maximum Gasteiger partial charge on any atom is 0.172 e. The predicted molar refractivity (Wildman–Crippen MR) is 52.1 cm³/mol. The van der Waals surface area contributed by atoms with Crippen LogP contribution in [0, 0.1) is 0 Å². The summed E-state index contributed by atoms with van der Waals surface area (Å²) < 4.78 is 3.69. The van der Waals surface area contributed by atoms with Crippen molar-refractivity contribution < 1.29 is 0 Å². The zero-order valence-electron chi connectivity index (χ0n) is 8.55. The molecule has 5 heteroatoms. The Balaban J connectivity index is 2.36. The average Bonchev–Trinajstić information content (AvgIpc) is 2.73. The first-order valence-corrected chi connectivity index (χ1v) is 4.48. The Kier molecular flexibility index (Phi) is 1.87. The lowest BCUT2D eigenvalue weighted by molar-refractivity contribution is 0.396. The molecule has 0 bridgehead atoms. The monoisotopic (exact) mass is 191 g/mol. The molecule has 5 nitrogen and oxygen atoms in total. The summed E-state index contributed by atoms with van der Waals surface area (Å²) in [7, 11) is 0. The van der Waals surface area contributed by atoms with Crippen molar-refractivity contribution >= 4 is 0 Å². The number of nitrogens with zero attached hydrogens (tertiary/aromatic N) is 5. The molecule has 0 unspecified atom stereocenters. The first kappa shape index (κ1) is 8.93. The minimum Gasteiger partial charge on any atom is -0.330 e. The molecule has 2 rings (SSSR count). The van der Waals surface area contributed by atoms with Crippen molar-refractivity contribution in [3.8, 4) is 5.82 Å². The molecule has 2 aromatic heterocycles. The Bertz CT molecular complexity index is 407. The molecular weight excluding hydrogens is 178 g/mol. The molecule has 2 aromatic rings. The highest BCUT2D eigenvalue weighted by Crippen LogP contribution is 2.14. The summed E-state index contributed by atoms with van der Waals surface area (Å²) in [4.78, 5) is 4.25. The van der Waals surface area contributed by atoms with Gasteiger partial charge in [0.05, 0.1) is 24.9 Å². The maximum absolute atomic E-state index is 4.25. The van der Waals surface area contributed by atoms with Crippen LogP contribution in [-0.4, -0.2) is 24.5 Å². The van der Waals surface area contributed by atoms with Gasteiger partial charge in [0.2, 0.25) is 0 Å². The summed E-state index contributed by atoms with van der Waals surface area (Å²) in [5.74, 6) is 0.789. The zero-order valence-corrected chi connectivity index (χ0v) is 8.55. The molecule has 0 spiro atoms. The molecule has 0 aliphatic carbocycles. The van der Waals surface area contributed by atoms with Crippen molar-refractivity contribution in [3.63, 3.8) is 0 Å². The van der Waals surface area contributed by atoms with Crippen LogP contribution < -0.4 is 0 Å². The third kappa shape index (κ3) is 1.53. The maximum atomic E-state index is 4.25. The Morgan fingerprint density at radius 2 is 2.07 bits per heavy atom. The highest BCUT2D eigenvalue weighted by molar-refractivity contribution is 5.16. The van der Waals surface area contributed by atoms with Crippen molar-refractivity contribution in [3.05, 3.63) is 24.9 Å². The van der Waals surface area contributed by atoms with Gasteiger partial charge in [0.25, 0.3) is 0 Å². The molecule has 0 radical (unpaired) electrons. The van der Waals surface area contributed by atoms with Crippen molar-refractivity contribution in [2.75, 3.05) is 0 Å². The molecule has 0 aromatic carbocycles. The van der Waals surface area contributed by atoms with E-state index in [1.807, 2.05) is 10.8 Å². The number of hydrogen-bond acceptors (Lipinski definition) is 3. The van der Waals surface area contributed by atoms with Crippen LogP contribution in [0.3, 0.4) is 0 Å². The van der Waals surface area contributed by atoms with Crippen molar-refractivity contribution in [1.29, 1.82) is 0 Å². The third-order valence-corrected chi connectivity index (χ3v) is 2.00. The average molecular weight is 191 g/mol. The molecule has 0 saturated heterocycles. The first-order chi connectivity index (χ1) is 6.57. The lowest BCUT2D eigenvalue weighted by atomic mass is 10.1. The summed E-state index contributed by atoms with van der Waals surface area (Å²) in [6.45, 7) is 6.37. The van der Waals surface area contributed by atoms with Crippen LogP contribution in [0.5, 0.6) is 0 Å². The van der Waals surface area contributed by atoms with E-state index in [9.17, 15) is 0 Å². The van der Waals surface area contributed by atoms with Gasteiger partial charge in [0.15, 0.2) is 5.82 Å². The highest BCUT2D eigenvalue weighted by Gasteiger charge is 2.13. The van der Waals surface area contributed by atoms with Gasteiger partial charge in [-0.2, -0.15) is 0 Å². The fourth-order valence-corrected chi connectivity index (χ4v) is 1.13. The van der Waals surface area contributed by atoms with Gasteiger partial charge in [-0.3, -0.25) is 0 Å². The normalized spacial score (nSPS) is 11.9. The van der Waals surface area contributed by atoms with E-state index in [-0.39, 0.29) is 5.54 Å². The minimum absolute atomic E-state index is 0.0475. The smallest absolute Gasteiger partial charge is 0.172 e. The molecular formula is C9H13N5. The molecule has 0 saturated carbocycles. The Morgan fingerprint density at radius 1 is 1.29 bits per heavy atom. The third-order valence-electron chi connectivity index (χ3n) is 2.00. The number of imidazole rings is 1. The summed E-state index contributed by atoms with van der Waals surface area (Å²) in [5.41, 5.74) is 0.0475. The van der Waals surface area contributed by atoms with Crippen LogP contribution in [-0.2, 0) is 5.54 Å². The first-order valence-electron chi connectivity index (χ1n) is 4.48. The van der Waals surface area contributed by atoms with Crippen LogP contribution in [0.25, 0.3) is 5.82 Å². The lowest BCUT2D eigenvalue weighted by Crippen LogP contribution is -2.19. The van der Waals surface area contributed by atoms with Crippen molar-refractivity contribution in [2.45, 2.75) is 26.3 Å². The van der Waals surface area contributed by atoms with Gasteiger partial charge in [-0.1, -0.05) is 5.21 Å². The Labute approximate surface area is 82.4 Å². The molecule has 0 atom stereocenters. The van der Waals surface area contributed by atoms with Crippen LogP contribution in [0.2, 0.25) is 0 Å².